The summed E-state index contributed by atoms with van der Waals surface area (Å²) in [5.41, 5.74) is 5.93. The molecule has 0 bridgehead atoms. The molecule has 2 heterocycles. The molecule has 1 aliphatic rings. The monoisotopic (exact) mass is 286 g/mol. The average Bonchev–Trinajstić information content (AvgIpc) is 2.65. The Labute approximate surface area is 105 Å². The predicted octanol–water partition coefficient (Wildman–Crippen LogP) is 2.60. The van der Waals surface area contributed by atoms with E-state index in [1.807, 2.05) is 12.1 Å². The van der Waals surface area contributed by atoms with Gasteiger partial charge in [0, 0.05) is 6.04 Å². The van der Waals surface area contributed by atoms with E-state index in [4.69, 9.17) is 10.2 Å². The Hall–Kier alpha value is -0.320. The fraction of sp³-hybridized carbons (Fsp3) is 0.667. The number of nitrogens with two attached hydrogens (primary N) is 1. The van der Waals surface area contributed by atoms with Crippen molar-refractivity contribution in [2.75, 3.05) is 13.1 Å². The third kappa shape index (κ3) is 3.09. The number of likely N-dealkylation sites (tertiary alicyclic amines) is 1. The molecule has 0 amide bonds. The van der Waals surface area contributed by atoms with Gasteiger partial charge in [-0.05, 0) is 66.8 Å². The molecule has 1 saturated heterocycles. The van der Waals surface area contributed by atoms with Gasteiger partial charge in [0.2, 0.25) is 0 Å². The number of furan rings is 1. The number of hydrogen-bond donors (Lipinski definition) is 1. The first-order chi connectivity index (χ1) is 7.65. The van der Waals surface area contributed by atoms with E-state index in [1.165, 1.54) is 12.8 Å². The van der Waals surface area contributed by atoms with Crippen molar-refractivity contribution in [3.05, 3.63) is 22.6 Å². The maximum Gasteiger partial charge on any atom is 0.169 e. The van der Waals surface area contributed by atoms with Gasteiger partial charge in [0.25, 0.3) is 0 Å². The number of halogens is 1. The van der Waals surface area contributed by atoms with Crippen molar-refractivity contribution < 1.29 is 4.42 Å². The molecule has 1 aliphatic heterocycles. The molecule has 90 valence electrons. The smallest absolute Gasteiger partial charge is 0.169 e. The van der Waals surface area contributed by atoms with Crippen molar-refractivity contribution >= 4 is 15.9 Å². The highest BCUT2D eigenvalue weighted by Gasteiger charge is 2.22. The zero-order chi connectivity index (χ0) is 11.5. The van der Waals surface area contributed by atoms with E-state index >= 15 is 0 Å². The zero-order valence-electron chi connectivity index (χ0n) is 9.66. The largest absolute Gasteiger partial charge is 0.453 e. The summed E-state index contributed by atoms with van der Waals surface area (Å²) in [7, 11) is 0. The van der Waals surface area contributed by atoms with Gasteiger partial charge in [-0.15, -0.1) is 0 Å². The van der Waals surface area contributed by atoms with Gasteiger partial charge in [-0.2, -0.15) is 0 Å². The van der Waals surface area contributed by atoms with Gasteiger partial charge in [-0.1, -0.05) is 0 Å². The number of rotatable bonds is 3. The third-order valence-corrected chi connectivity index (χ3v) is 3.81. The lowest BCUT2D eigenvalue weighted by molar-refractivity contribution is 0.156. The highest BCUT2D eigenvalue weighted by molar-refractivity contribution is 9.10. The summed E-state index contributed by atoms with van der Waals surface area (Å²) in [6.45, 7) is 5.29. The van der Waals surface area contributed by atoms with Crippen LogP contribution in [0.15, 0.2) is 21.2 Å². The molecule has 3 nitrogen and oxygen atoms in total. The van der Waals surface area contributed by atoms with Gasteiger partial charge in [-0.25, -0.2) is 0 Å². The maximum atomic E-state index is 5.93. The van der Waals surface area contributed by atoms with Gasteiger partial charge in [0.05, 0.1) is 6.54 Å². The molecule has 1 atom stereocenters. The summed E-state index contributed by atoms with van der Waals surface area (Å²) in [6, 6.07) is 4.31. The quantitative estimate of drug-likeness (QED) is 0.929. The first-order valence-electron chi connectivity index (χ1n) is 5.87. The van der Waals surface area contributed by atoms with Crippen LogP contribution in [0.25, 0.3) is 0 Å². The van der Waals surface area contributed by atoms with Crippen LogP contribution >= 0.6 is 15.9 Å². The highest BCUT2D eigenvalue weighted by atomic mass is 79.9. The number of nitrogens with zero attached hydrogens (tertiary/aromatic N) is 1. The molecule has 16 heavy (non-hydrogen) atoms. The molecule has 0 aromatic carbocycles. The van der Waals surface area contributed by atoms with Crippen molar-refractivity contribution in [2.24, 2.45) is 11.7 Å². The number of hydrogen-bond acceptors (Lipinski definition) is 3. The van der Waals surface area contributed by atoms with E-state index in [-0.39, 0.29) is 0 Å². The van der Waals surface area contributed by atoms with Crippen LogP contribution in [0.5, 0.6) is 0 Å². The minimum Gasteiger partial charge on any atom is -0.453 e. The molecule has 1 fully saturated rings. The SMILES string of the molecule is CC(N)C1CCN(Cc2ccc(Br)o2)CC1. The molecule has 0 radical (unpaired) electrons. The number of piperidine rings is 1. The predicted molar refractivity (Wildman–Crippen MR) is 68.1 cm³/mol. The van der Waals surface area contributed by atoms with Gasteiger partial charge in [0.1, 0.15) is 5.76 Å². The minimum absolute atomic E-state index is 0.333. The molecule has 2 N–H and O–H groups in total. The molecular weight excluding hydrogens is 268 g/mol. The Morgan fingerprint density at radius 3 is 2.69 bits per heavy atom. The van der Waals surface area contributed by atoms with Crippen molar-refractivity contribution in [1.82, 2.24) is 4.90 Å². The van der Waals surface area contributed by atoms with Crippen LogP contribution in [0.2, 0.25) is 0 Å². The Balaban J connectivity index is 1.81. The first-order valence-corrected chi connectivity index (χ1v) is 6.66. The lowest BCUT2D eigenvalue weighted by atomic mass is 9.91. The lowest BCUT2D eigenvalue weighted by Crippen LogP contribution is -2.39. The van der Waals surface area contributed by atoms with Crippen LogP contribution in [-0.2, 0) is 6.54 Å². The van der Waals surface area contributed by atoms with Crippen LogP contribution in [0.4, 0.5) is 0 Å². The first kappa shape index (κ1) is 12.1. The molecule has 0 spiro atoms. The van der Waals surface area contributed by atoms with E-state index in [2.05, 4.69) is 27.8 Å². The summed E-state index contributed by atoms with van der Waals surface area (Å²) >= 11 is 3.32. The third-order valence-electron chi connectivity index (χ3n) is 3.38. The second-order valence-corrected chi connectivity index (χ2v) is 5.46. The van der Waals surface area contributed by atoms with Crippen LogP contribution in [0, 0.1) is 5.92 Å². The van der Waals surface area contributed by atoms with Crippen molar-refractivity contribution in [3.63, 3.8) is 0 Å². The molecular formula is C12H19BrN2O. The highest BCUT2D eigenvalue weighted by Crippen LogP contribution is 2.22. The normalized spacial score (nSPS) is 21.2. The molecule has 0 aliphatic carbocycles. The summed E-state index contributed by atoms with van der Waals surface area (Å²) in [4.78, 5) is 2.43. The summed E-state index contributed by atoms with van der Waals surface area (Å²) in [5.74, 6) is 1.73. The standard InChI is InChI=1S/C12H19BrN2O/c1-9(14)10-4-6-15(7-5-10)8-11-2-3-12(13)16-11/h2-3,9-10H,4-8,14H2,1H3. The van der Waals surface area contributed by atoms with Crippen molar-refractivity contribution in [3.8, 4) is 0 Å². The molecule has 1 unspecified atom stereocenters. The fourth-order valence-electron chi connectivity index (χ4n) is 2.29. The average molecular weight is 287 g/mol. The van der Waals surface area contributed by atoms with E-state index in [9.17, 15) is 0 Å². The van der Waals surface area contributed by atoms with Crippen LogP contribution in [-0.4, -0.2) is 24.0 Å². The van der Waals surface area contributed by atoms with Gasteiger partial charge in [-0.3, -0.25) is 4.90 Å². The van der Waals surface area contributed by atoms with Gasteiger partial charge < -0.3 is 10.2 Å². The summed E-state index contributed by atoms with van der Waals surface area (Å²) in [5, 5.41) is 0. The summed E-state index contributed by atoms with van der Waals surface area (Å²) < 4.78 is 6.32. The minimum atomic E-state index is 0.333. The second-order valence-electron chi connectivity index (χ2n) is 4.68. The van der Waals surface area contributed by atoms with Crippen molar-refractivity contribution in [1.29, 1.82) is 0 Å². The molecule has 2 rings (SSSR count). The van der Waals surface area contributed by atoms with Gasteiger partial charge in [0.15, 0.2) is 4.67 Å². The second kappa shape index (κ2) is 5.34. The summed E-state index contributed by atoms with van der Waals surface area (Å²) in [6.07, 6.45) is 2.42. The van der Waals surface area contributed by atoms with Crippen LogP contribution in [0.3, 0.4) is 0 Å². The maximum absolute atomic E-state index is 5.93. The van der Waals surface area contributed by atoms with Crippen LogP contribution in [0.1, 0.15) is 25.5 Å². The van der Waals surface area contributed by atoms with E-state index < -0.39 is 0 Å². The molecule has 1 aromatic heterocycles. The Morgan fingerprint density at radius 1 is 1.50 bits per heavy atom. The van der Waals surface area contributed by atoms with Crippen LogP contribution < -0.4 is 5.73 Å². The lowest BCUT2D eigenvalue weighted by Gasteiger charge is -2.33. The molecule has 1 aromatic rings. The zero-order valence-corrected chi connectivity index (χ0v) is 11.2. The molecule has 4 heteroatoms. The van der Waals surface area contributed by atoms with E-state index in [0.29, 0.717) is 12.0 Å². The van der Waals surface area contributed by atoms with Gasteiger partial charge >= 0.3 is 0 Å². The fourth-order valence-corrected chi connectivity index (χ4v) is 2.63. The topological polar surface area (TPSA) is 42.4 Å². The van der Waals surface area contributed by atoms with E-state index in [0.717, 1.165) is 30.1 Å². The molecule has 0 saturated carbocycles. The Morgan fingerprint density at radius 2 is 2.19 bits per heavy atom. The van der Waals surface area contributed by atoms with E-state index in [1.54, 1.807) is 0 Å². The Bertz CT molecular complexity index is 330. The van der Waals surface area contributed by atoms with Crippen molar-refractivity contribution in [2.45, 2.75) is 32.4 Å². The Kier molecular flexibility index (Phi) is 4.05.